The Morgan fingerprint density at radius 1 is 1.06 bits per heavy atom. The maximum absolute atomic E-state index is 3.52. The fourth-order valence-corrected chi connectivity index (χ4v) is 1.87. The molecule has 2 heteroatoms. The van der Waals surface area contributed by atoms with Crippen LogP contribution in [0.1, 0.15) is 32.3 Å². The second kappa shape index (κ2) is 9.12. The quantitative estimate of drug-likeness (QED) is 0.676. The van der Waals surface area contributed by atoms with Gasteiger partial charge in [-0.2, -0.15) is 0 Å². The number of rotatable bonds is 9. The number of benzene rings is 1. The molecule has 0 amide bonds. The van der Waals surface area contributed by atoms with Crippen molar-refractivity contribution in [3.63, 3.8) is 0 Å². The smallest absolute Gasteiger partial charge is 0.00355 e. The monoisotopic (exact) mass is 248 g/mol. The van der Waals surface area contributed by atoms with Crippen molar-refractivity contribution in [2.45, 2.75) is 39.2 Å². The van der Waals surface area contributed by atoms with Crippen molar-refractivity contribution in [3.8, 4) is 0 Å². The zero-order valence-corrected chi connectivity index (χ0v) is 12.2. The summed E-state index contributed by atoms with van der Waals surface area (Å²) in [4.78, 5) is 2.41. The van der Waals surface area contributed by atoms with Gasteiger partial charge in [0.05, 0.1) is 0 Å². The SMILES string of the molecule is CC(C)N(C)CCCCNCCc1ccccc1. The van der Waals surface area contributed by atoms with Gasteiger partial charge in [0.1, 0.15) is 0 Å². The molecule has 0 aliphatic carbocycles. The molecule has 0 saturated carbocycles. The van der Waals surface area contributed by atoms with Crippen molar-refractivity contribution in [1.29, 1.82) is 0 Å². The first-order chi connectivity index (χ1) is 8.70. The Labute approximate surface area is 112 Å². The normalized spacial score (nSPS) is 11.4. The van der Waals surface area contributed by atoms with Crippen LogP contribution >= 0.6 is 0 Å². The highest BCUT2D eigenvalue weighted by atomic mass is 15.1. The van der Waals surface area contributed by atoms with Crippen LogP contribution in [0.2, 0.25) is 0 Å². The summed E-state index contributed by atoms with van der Waals surface area (Å²) in [7, 11) is 2.20. The molecule has 0 fully saturated rings. The lowest BCUT2D eigenvalue weighted by Crippen LogP contribution is -2.28. The average molecular weight is 248 g/mol. The molecule has 0 heterocycles. The molecule has 1 rings (SSSR count). The lowest BCUT2D eigenvalue weighted by Gasteiger charge is -2.20. The van der Waals surface area contributed by atoms with Crippen molar-refractivity contribution >= 4 is 0 Å². The Morgan fingerprint density at radius 3 is 2.44 bits per heavy atom. The Hall–Kier alpha value is -0.860. The van der Waals surface area contributed by atoms with Crippen molar-refractivity contribution in [2.75, 3.05) is 26.7 Å². The zero-order valence-electron chi connectivity index (χ0n) is 12.2. The van der Waals surface area contributed by atoms with Crippen LogP contribution in [0, 0.1) is 0 Å². The van der Waals surface area contributed by atoms with E-state index in [-0.39, 0.29) is 0 Å². The standard InChI is InChI=1S/C16H28N2/c1-15(2)18(3)14-8-7-12-17-13-11-16-9-5-4-6-10-16/h4-6,9-10,15,17H,7-8,11-14H2,1-3H3. The maximum atomic E-state index is 3.52. The van der Waals surface area contributed by atoms with E-state index < -0.39 is 0 Å². The van der Waals surface area contributed by atoms with E-state index in [4.69, 9.17) is 0 Å². The summed E-state index contributed by atoms with van der Waals surface area (Å²) in [6, 6.07) is 11.3. The number of nitrogens with zero attached hydrogens (tertiary/aromatic N) is 1. The second-order valence-corrected chi connectivity index (χ2v) is 5.27. The van der Waals surface area contributed by atoms with Gasteiger partial charge in [-0.05, 0) is 65.4 Å². The maximum Gasteiger partial charge on any atom is 0.00355 e. The van der Waals surface area contributed by atoms with Gasteiger partial charge in [0.25, 0.3) is 0 Å². The molecule has 0 unspecified atom stereocenters. The number of hydrogen-bond donors (Lipinski definition) is 1. The molecule has 0 bridgehead atoms. The Morgan fingerprint density at radius 2 is 1.78 bits per heavy atom. The van der Waals surface area contributed by atoms with Gasteiger partial charge in [-0.1, -0.05) is 30.3 Å². The van der Waals surface area contributed by atoms with E-state index in [2.05, 4.69) is 61.4 Å². The predicted molar refractivity (Wildman–Crippen MR) is 80.0 cm³/mol. The molecule has 1 aromatic carbocycles. The molecule has 0 atom stereocenters. The van der Waals surface area contributed by atoms with Gasteiger partial charge in [0.2, 0.25) is 0 Å². The molecule has 0 aliphatic rings. The van der Waals surface area contributed by atoms with E-state index in [1.54, 1.807) is 0 Å². The first kappa shape index (κ1) is 15.2. The Bertz CT molecular complexity index is 295. The number of hydrogen-bond acceptors (Lipinski definition) is 2. The van der Waals surface area contributed by atoms with E-state index in [0.717, 1.165) is 19.5 Å². The summed E-state index contributed by atoms with van der Waals surface area (Å²) < 4.78 is 0. The van der Waals surface area contributed by atoms with E-state index >= 15 is 0 Å². The van der Waals surface area contributed by atoms with E-state index in [1.165, 1.54) is 24.9 Å². The van der Waals surface area contributed by atoms with Crippen LogP contribution in [0.25, 0.3) is 0 Å². The highest BCUT2D eigenvalue weighted by Gasteiger charge is 2.01. The van der Waals surface area contributed by atoms with Gasteiger partial charge in [0.15, 0.2) is 0 Å². The summed E-state index contributed by atoms with van der Waals surface area (Å²) in [5.41, 5.74) is 1.42. The summed E-state index contributed by atoms with van der Waals surface area (Å²) >= 11 is 0. The number of nitrogens with one attached hydrogen (secondary N) is 1. The third-order valence-electron chi connectivity index (χ3n) is 3.43. The largest absolute Gasteiger partial charge is 0.316 e. The summed E-state index contributed by atoms with van der Waals surface area (Å²) in [6.07, 6.45) is 3.69. The van der Waals surface area contributed by atoms with Crippen LogP contribution in [0.5, 0.6) is 0 Å². The van der Waals surface area contributed by atoms with Crippen LogP contribution < -0.4 is 5.32 Å². The molecule has 102 valence electrons. The fourth-order valence-electron chi connectivity index (χ4n) is 1.87. The average Bonchev–Trinajstić information content (AvgIpc) is 2.38. The van der Waals surface area contributed by atoms with Gasteiger partial charge in [-0.3, -0.25) is 0 Å². The molecule has 1 aromatic rings. The first-order valence-electron chi connectivity index (χ1n) is 7.15. The van der Waals surface area contributed by atoms with E-state index in [9.17, 15) is 0 Å². The van der Waals surface area contributed by atoms with Crippen LogP contribution in [-0.2, 0) is 6.42 Å². The highest BCUT2D eigenvalue weighted by Crippen LogP contribution is 1.99. The molecule has 0 aliphatic heterocycles. The molecular formula is C16H28N2. The highest BCUT2D eigenvalue weighted by molar-refractivity contribution is 5.14. The molecular weight excluding hydrogens is 220 g/mol. The summed E-state index contributed by atoms with van der Waals surface area (Å²) in [5.74, 6) is 0. The fraction of sp³-hybridized carbons (Fsp3) is 0.625. The molecule has 0 aromatic heterocycles. The van der Waals surface area contributed by atoms with Gasteiger partial charge in [-0.15, -0.1) is 0 Å². The van der Waals surface area contributed by atoms with Crippen LogP contribution in [0.3, 0.4) is 0 Å². The summed E-state index contributed by atoms with van der Waals surface area (Å²) in [6.45, 7) is 7.93. The molecule has 2 nitrogen and oxygen atoms in total. The first-order valence-corrected chi connectivity index (χ1v) is 7.15. The zero-order chi connectivity index (χ0) is 13.2. The lowest BCUT2D eigenvalue weighted by molar-refractivity contribution is 0.268. The summed E-state index contributed by atoms with van der Waals surface area (Å²) in [5, 5.41) is 3.52. The molecule has 0 radical (unpaired) electrons. The van der Waals surface area contributed by atoms with Crippen molar-refractivity contribution < 1.29 is 0 Å². The molecule has 0 saturated heterocycles. The Kier molecular flexibility index (Phi) is 7.70. The Balaban J connectivity index is 1.93. The van der Waals surface area contributed by atoms with Crippen molar-refractivity contribution in [2.24, 2.45) is 0 Å². The minimum Gasteiger partial charge on any atom is -0.316 e. The third kappa shape index (κ3) is 6.77. The third-order valence-corrected chi connectivity index (χ3v) is 3.43. The molecule has 18 heavy (non-hydrogen) atoms. The molecule has 0 spiro atoms. The molecule has 1 N–H and O–H groups in total. The van der Waals surface area contributed by atoms with Crippen LogP contribution in [0.15, 0.2) is 30.3 Å². The van der Waals surface area contributed by atoms with E-state index in [1.807, 2.05) is 0 Å². The minimum absolute atomic E-state index is 0.663. The van der Waals surface area contributed by atoms with Gasteiger partial charge < -0.3 is 10.2 Å². The van der Waals surface area contributed by atoms with E-state index in [0.29, 0.717) is 6.04 Å². The minimum atomic E-state index is 0.663. The van der Waals surface area contributed by atoms with Crippen molar-refractivity contribution in [1.82, 2.24) is 10.2 Å². The van der Waals surface area contributed by atoms with Crippen LogP contribution in [-0.4, -0.2) is 37.6 Å². The van der Waals surface area contributed by atoms with Gasteiger partial charge >= 0.3 is 0 Å². The number of unbranched alkanes of at least 4 members (excludes halogenated alkanes) is 1. The van der Waals surface area contributed by atoms with Crippen molar-refractivity contribution in [3.05, 3.63) is 35.9 Å². The van der Waals surface area contributed by atoms with Gasteiger partial charge in [0, 0.05) is 6.04 Å². The van der Waals surface area contributed by atoms with Crippen LogP contribution in [0.4, 0.5) is 0 Å². The topological polar surface area (TPSA) is 15.3 Å². The lowest BCUT2D eigenvalue weighted by atomic mass is 10.1. The van der Waals surface area contributed by atoms with Gasteiger partial charge in [-0.25, -0.2) is 0 Å². The second-order valence-electron chi connectivity index (χ2n) is 5.27. The predicted octanol–water partition coefficient (Wildman–Crippen LogP) is 2.94.